The summed E-state index contributed by atoms with van der Waals surface area (Å²) in [4.78, 5) is 42.8. The normalized spacial score (nSPS) is 10.7. The summed E-state index contributed by atoms with van der Waals surface area (Å²) in [5.41, 5.74) is 1.71. The molecule has 1 aromatic carbocycles. The number of carbonyl (C=O) groups excluding carboxylic acids is 2. The first-order chi connectivity index (χ1) is 14.8. The molecule has 0 aliphatic rings. The highest BCUT2D eigenvalue weighted by Crippen LogP contribution is 2.08. The van der Waals surface area contributed by atoms with Crippen molar-refractivity contribution in [3.8, 4) is 0 Å². The fourth-order valence-electron chi connectivity index (χ4n) is 3.06. The monoisotopic (exact) mass is 418 g/mol. The van der Waals surface area contributed by atoms with Crippen LogP contribution in [-0.2, 0) is 13.1 Å². The van der Waals surface area contributed by atoms with Crippen molar-refractivity contribution in [2.75, 3.05) is 0 Å². The predicted octanol–water partition coefficient (Wildman–Crippen LogP) is 2.99. The maximum atomic E-state index is 13.0. The van der Waals surface area contributed by atoms with Crippen molar-refractivity contribution in [1.82, 2.24) is 20.2 Å². The van der Waals surface area contributed by atoms with Crippen molar-refractivity contribution in [2.24, 2.45) is 0 Å². The molecule has 0 unspecified atom stereocenters. The summed E-state index contributed by atoms with van der Waals surface area (Å²) in [6, 6.07) is 14.9. The van der Waals surface area contributed by atoms with Crippen LogP contribution in [0, 0.1) is 6.92 Å². The summed E-state index contributed by atoms with van der Waals surface area (Å²) < 4.78 is 1.69. The van der Waals surface area contributed by atoms with E-state index in [2.05, 4.69) is 15.6 Å². The fraction of sp³-hybridized carbons (Fsp3) is 0.250. The highest BCUT2D eigenvalue weighted by Gasteiger charge is 2.20. The third kappa shape index (κ3) is 5.66. The second kappa shape index (κ2) is 9.84. The van der Waals surface area contributed by atoms with Crippen LogP contribution >= 0.6 is 0 Å². The lowest BCUT2D eigenvalue weighted by molar-refractivity contribution is 0.0947. The van der Waals surface area contributed by atoms with Gasteiger partial charge in [0, 0.05) is 30.7 Å². The van der Waals surface area contributed by atoms with Crippen molar-refractivity contribution in [3.05, 3.63) is 99.2 Å². The minimum Gasteiger partial charge on any atom is -0.350 e. The van der Waals surface area contributed by atoms with Gasteiger partial charge in [0.25, 0.3) is 11.8 Å². The molecule has 0 aliphatic heterocycles. The molecule has 0 radical (unpaired) electrons. The van der Waals surface area contributed by atoms with Gasteiger partial charge in [-0.2, -0.15) is 0 Å². The Morgan fingerprint density at radius 2 is 1.52 bits per heavy atom. The van der Waals surface area contributed by atoms with Crippen molar-refractivity contribution < 1.29 is 9.59 Å². The van der Waals surface area contributed by atoms with Crippen LogP contribution in [0.25, 0.3) is 0 Å². The van der Waals surface area contributed by atoms with E-state index in [9.17, 15) is 14.4 Å². The Balaban J connectivity index is 1.82. The Bertz CT molecular complexity index is 1140. The van der Waals surface area contributed by atoms with E-state index in [0.29, 0.717) is 5.69 Å². The van der Waals surface area contributed by atoms with Crippen LogP contribution in [0.5, 0.6) is 0 Å². The van der Waals surface area contributed by atoms with E-state index in [4.69, 9.17) is 0 Å². The number of aryl methyl sites for hydroxylation is 1. The molecule has 3 aromatic rings. The number of nitrogens with one attached hydrogen (secondary N) is 2. The topological polar surface area (TPSA) is 93.1 Å². The number of aromatic nitrogens is 2. The van der Waals surface area contributed by atoms with Crippen LogP contribution in [0.4, 0.5) is 0 Å². The van der Waals surface area contributed by atoms with E-state index in [1.807, 2.05) is 63.2 Å². The molecule has 0 saturated carbocycles. The number of amides is 2. The SMILES string of the molecule is Cc1cccc(CNC(=O)c2cn(C(C)C)cc(C(=O)NCc3ccccc3)c2=O)n1. The Kier molecular flexibility index (Phi) is 6.97. The minimum absolute atomic E-state index is 0.0359. The lowest BCUT2D eigenvalue weighted by Gasteiger charge is -2.15. The van der Waals surface area contributed by atoms with Crippen LogP contribution in [0.2, 0.25) is 0 Å². The van der Waals surface area contributed by atoms with Gasteiger partial charge in [0.15, 0.2) is 0 Å². The number of hydrogen-bond acceptors (Lipinski definition) is 4. The van der Waals surface area contributed by atoms with Gasteiger partial charge in [-0.1, -0.05) is 36.4 Å². The molecule has 2 amide bonds. The molecule has 0 saturated heterocycles. The van der Waals surface area contributed by atoms with Crippen molar-refractivity contribution in [1.29, 1.82) is 0 Å². The van der Waals surface area contributed by atoms with Gasteiger partial charge in [0.1, 0.15) is 11.1 Å². The highest BCUT2D eigenvalue weighted by molar-refractivity contribution is 5.99. The van der Waals surface area contributed by atoms with E-state index in [0.717, 1.165) is 11.3 Å². The lowest BCUT2D eigenvalue weighted by atomic mass is 10.1. The van der Waals surface area contributed by atoms with Crippen LogP contribution in [0.1, 0.15) is 57.6 Å². The first-order valence-electron chi connectivity index (χ1n) is 10.1. The highest BCUT2D eigenvalue weighted by atomic mass is 16.2. The maximum absolute atomic E-state index is 13.0. The molecule has 0 spiro atoms. The second-order valence-electron chi connectivity index (χ2n) is 7.58. The molecule has 2 aromatic heterocycles. The molecule has 0 atom stereocenters. The molecule has 2 heterocycles. The van der Waals surface area contributed by atoms with Gasteiger partial charge in [-0.05, 0) is 38.5 Å². The number of nitrogens with zero attached hydrogens (tertiary/aromatic N) is 2. The zero-order chi connectivity index (χ0) is 22.4. The zero-order valence-corrected chi connectivity index (χ0v) is 17.9. The van der Waals surface area contributed by atoms with Gasteiger partial charge in [-0.15, -0.1) is 0 Å². The average molecular weight is 418 g/mol. The van der Waals surface area contributed by atoms with E-state index in [1.165, 1.54) is 12.4 Å². The number of carbonyl (C=O) groups is 2. The Morgan fingerprint density at radius 3 is 2.10 bits per heavy atom. The van der Waals surface area contributed by atoms with Crippen LogP contribution in [0.3, 0.4) is 0 Å². The average Bonchev–Trinajstić information content (AvgIpc) is 2.76. The largest absolute Gasteiger partial charge is 0.350 e. The van der Waals surface area contributed by atoms with Crippen molar-refractivity contribution >= 4 is 11.8 Å². The molecule has 31 heavy (non-hydrogen) atoms. The van der Waals surface area contributed by atoms with E-state index >= 15 is 0 Å². The van der Waals surface area contributed by atoms with Gasteiger partial charge in [0.2, 0.25) is 5.43 Å². The Labute approximate surface area is 181 Å². The smallest absolute Gasteiger partial charge is 0.257 e. The van der Waals surface area contributed by atoms with Gasteiger partial charge in [-0.3, -0.25) is 19.4 Å². The molecule has 3 rings (SSSR count). The van der Waals surface area contributed by atoms with Gasteiger partial charge < -0.3 is 15.2 Å². The second-order valence-corrected chi connectivity index (χ2v) is 7.58. The molecule has 7 nitrogen and oxygen atoms in total. The molecule has 0 aliphatic carbocycles. The van der Waals surface area contributed by atoms with Gasteiger partial charge in [0.05, 0.1) is 12.2 Å². The first kappa shape index (κ1) is 22.0. The molecule has 7 heteroatoms. The third-order valence-electron chi connectivity index (χ3n) is 4.80. The number of benzene rings is 1. The van der Waals surface area contributed by atoms with Crippen molar-refractivity contribution in [3.63, 3.8) is 0 Å². The fourth-order valence-corrected chi connectivity index (χ4v) is 3.06. The Morgan fingerprint density at radius 1 is 0.903 bits per heavy atom. The standard InChI is InChI=1S/C24H26N4O3/c1-16(2)28-14-20(23(30)25-12-18-9-5-4-6-10-18)22(29)21(15-28)24(31)26-13-19-11-7-8-17(3)27-19/h4-11,14-16H,12-13H2,1-3H3,(H,25,30)(H,26,31). The summed E-state index contributed by atoms with van der Waals surface area (Å²) in [5, 5.41) is 5.49. The Hall–Kier alpha value is -3.74. The van der Waals surface area contributed by atoms with Crippen LogP contribution in [-0.4, -0.2) is 21.4 Å². The molecule has 0 bridgehead atoms. The third-order valence-corrected chi connectivity index (χ3v) is 4.80. The number of hydrogen-bond donors (Lipinski definition) is 2. The first-order valence-corrected chi connectivity index (χ1v) is 10.1. The van der Waals surface area contributed by atoms with Crippen LogP contribution in [0.15, 0.2) is 65.7 Å². The summed E-state index contributed by atoms with van der Waals surface area (Å²) in [5.74, 6) is -1.06. The van der Waals surface area contributed by atoms with E-state index in [1.54, 1.807) is 10.6 Å². The number of pyridine rings is 2. The minimum atomic E-state index is -0.600. The summed E-state index contributed by atoms with van der Waals surface area (Å²) in [6.07, 6.45) is 2.98. The molecular weight excluding hydrogens is 392 g/mol. The summed E-state index contributed by atoms with van der Waals surface area (Å²) in [6.45, 7) is 6.16. The van der Waals surface area contributed by atoms with Crippen molar-refractivity contribution in [2.45, 2.75) is 39.9 Å². The van der Waals surface area contributed by atoms with E-state index < -0.39 is 17.2 Å². The van der Waals surface area contributed by atoms with Gasteiger partial charge in [-0.25, -0.2) is 0 Å². The molecular formula is C24H26N4O3. The number of rotatable bonds is 7. The van der Waals surface area contributed by atoms with Crippen LogP contribution < -0.4 is 16.1 Å². The summed E-state index contributed by atoms with van der Waals surface area (Å²) in [7, 11) is 0. The maximum Gasteiger partial charge on any atom is 0.257 e. The zero-order valence-electron chi connectivity index (χ0n) is 17.9. The quantitative estimate of drug-likeness (QED) is 0.617. The molecule has 160 valence electrons. The van der Waals surface area contributed by atoms with Gasteiger partial charge >= 0.3 is 0 Å². The van der Waals surface area contributed by atoms with E-state index in [-0.39, 0.29) is 30.3 Å². The summed E-state index contributed by atoms with van der Waals surface area (Å²) >= 11 is 0. The lowest BCUT2D eigenvalue weighted by Crippen LogP contribution is -2.35. The molecule has 2 N–H and O–H groups in total. The molecule has 0 fully saturated rings. The predicted molar refractivity (Wildman–Crippen MR) is 119 cm³/mol.